The summed E-state index contributed by atoms with van der Waals surface area (Å²) in [6, 6.07) is 28.9. The molecule has 0 bridgehead atoms. The Morgan fingerprint density at radius 2 is 1.38 bits per heavy atom. The van der Waals surface area contributed by atoms with Gasteiger partial charge < -0.3 is 9.47 Å². The number of ether oxygens (including phenoxy) is 2. The Bertz CT molecular complexity index is 847. The molecule has 0 radical (unpaired) electrons. The fraction of sp³-hybridized carbons (Fsp3) is 0.130. The predicted molar refractivity (Wildman–Crippen MR) is 108 cm³/mol. The van der Waals surface area contributed by atoms with Gasteiger partial charge in [-0.25, -0.2) is 0 Å². The van der Waals surface area contributed by atoms with Gasteiger partial charge in [0, 0.05) is 27.9 Å². The lowest BCUT2D eigenvalue weighted by Gasteiger charge is -2.38. The molecule has 3 aromatic rings. The zero-order chi connectivity index (χ0) is 17.8. The lowest BCUT2D eigenvalue weighted by Crippen LogP contribution is -2.35. The topological polar surface area (TPSA) is 18.5 Å². The number of hydrogen-bond donors (Lipinski definition) is 0. The third-order valence-electron chi connectivity index (χ3n) is 4.62. The van der Waals surface area contributed by atoms with Crippen molar-refractivity contribution >= 4 is 17.5 Å². The molecule has 0 fully saturated rings. The van der Waals surface area contributed by atoms with Crippen LogP contribution in [0.4, 0.5) is 0 Å². The molecule has 0 aromatic heterocycles. The summed E-state index contributed by atoms with van der Waals surface area (Å²) in [5, 5.41) is 2.10. The van der Waals surface area contributed by atoms with E-state index in [1.165, 1.54) is 0 Å². The smallest absolute Gasteiger partial charge is 0.168 e. The molecule has 3 heteroatoms. The maximum atomic E-state index is 6.71. The first-order chi connectivity index (χ1) is 12.8. The molecule has 130 valence electrons. The standard InChI is InChI=1S/C23H20O2S/c1-24-21-14-12-18(13-15-21)22-16-26-17-23(25-22,19-8-4-2-5-9-19)20-10-6-3-7-11-20/h2-16H,17H2,1H3. The molecular formula is C23H20O2S. The Labute approximate surface area is 158 Å². The third kappa shape index (κ3) is 3.11. The maximum Gasteiger partial charge on any atom is 0.168 e. The molecule has 0 saturated heterocycles. The molecule has 3 aromatic carbocycles. The summed E-state index contributed by atoms with van der Waals surface area (Å²) < 4.78 is 12.0. The molecule has 26 heavy (non-hydrogen) atoms. The van der Waals surface area contributed by atoms with E-state index in [-0.39, 0.29) is 0 Å². The highest BCUT2D eigenvalue weighted by Crippen LogP contribution is 2.44. The van der Waals surface area contributed by atoms with E-state index < -0.39 is 5.60 Å². The number of thioether (sulfide) groups is 1. The summed E-state index contributed by atoms with van der Waals surface area (Å²) in [4.78, 5) is 0. The number of rotatable bonds is 4. The Balaban J connectivity index is 1.77. The van der Waals surface area contributed by atoms with E-state index in [2.05, 4.69) is 53.9 Å². The molecule has 4 rings (SSSR count). The van der Waals surface area contributed by atoms with Gasteiger partial charge in [-0.2, -0.15) is 0 Å². The van der Waals surface area contributed by atoms with Gasteiger partial charge in [-0.05, 0) is 24.3 Å². The van der Waals surface area contributed by atoms with Crippen LogP contribution in [0, 0.1) is 0 Å². The third-order valence-corrected chi connectivity index (χ3v) is 5.57. The first kappa shape index (κ1) is 16.8. The van der Waals surface area contributed by atoms with Crippen LogP contribution < -0.4 is 4.74 Å². The fourth-order valence-electron chi connectivity index (χ4n) is 3.22. The minimum Gasteiger partial charge on any atom is -0.497 e. The van der Waals surface area contributed by atoms with E-state index in [4.69, 9.17) is 9.47 Å². The molecule has 1 heterocycles. The number of benzene rings is 3. The summed E-state index contributed by atoms with van der Waals surface area (Å²) in [5.74, 6) is 2.56. The molecular weight excluding hydrogens is 340 g/mol. The second-order valence-electron chi connectivity index (χ2n) is 6.18. The van der Waals surface area contributed by atoms with Gasteiger partial charge in [0.05, 0.1) is 7.11 Å². The van der Waals surface area contributed by atoms with Crippen molar-refractivity contribution < 1.29 is 9.47 Å². The molecule has 1 aliphatic rings. The fourth-order valence-corrected chi connectivity index (χ4v) is 4.27. The SMILES string of the molecule is COc1ccc(C2=CSCC(c3ccccc3)(c3ccccc3)O2)cc1. The van der Waals surface area contributed by atoms with Crippen LogP contribution in [0.5, 0.6) is 5.75 Å². The van der Waals surface area contributed by atoms with E-state index in [1.807, 2.05) is 36.4 Å². The quantitative estimate of drug-likeness (QED) is 0.594. The van der Waals surface area contributed by atoms with Crippen molar-refractivity contribution in [1.82, 2.24) is 0 Å². The predicted octanol–water partition coefficient (Wildman–Crippen LogP) is 5.70. The number of methoxy groups -OCH3 is 1. The average molecular weight is 360 g/mol. The first-order valence-corrected chi connectivity index (χ1v) is 9.63. The summed E-state index contributed by atoms with van der Waals surface area (Å²) >= 11 is 1.79. The average Bonchev–Trinajstić information content (AvgIpc) is 2.75. The van der Waals surface area contributed by atoms with Crippen molar-refractivity contribution in [2.75, 3.05) is 12.9 Å². The minimum absolute atomic E-state index is 0.503. The van der Waals surface area contributed by atoms with Gasteiger partial charge in [0.1, 0.15) is 11.5 Å². The zero-order valence-corrected chi connectivity index (χ0v) is 15.4. The summed E-state index contributed by atoms with van der Waals surface area (Å²) in [6.45, 7) is 0. The molecule has 0 saturated carbocycles. The van der Waals surface area contributed by atoms with Crippen LogP contribution in [0.25, 0.3) is 5.76 Å². The lowest BCUT2D eigenvalue weighted by atomic mass is 9.87. The van der Waals surface area contributed by atoms with Crippen LogP contribution in [-0.2, 0) is 10.3 Å². The van der Waals surface area contributed by atoms with Crippen LogP contribution in [0.15, 0.2) is 90.3 Å². The molecule has 0 unspecified atom stereocenters. The largest absolute Gasteiger partial charge is 0.497 e. The normalized spacial score (nSPS) is 15.7. The van der Waals surface area contributed by atoms with Gasteiger partial charge >= 0.3 is 0 Å². The van der Waals surface area contributed by atoms with Gasteiger partial charge in [0.2, 0.25) is 0 Å². The minimum atomic E-state index is -0.503. The van der Waals surface area contributed by atoms with Crippen LogP contribution in [0.2, 0.25) is 0 Å². The highest BCUT2D eigenvalue weighted by molar-refractivity contribution is 8.02. The highest BCUT2D eigenvalue weighted by atomic mass is 32.2. The zero-order valence-electron chi connectivity index (χ0n) is 14.6. The van der Waals surface area contributed by atoms with Crippen molar-refractivity contribution in [3.63, 3.8) is 0 Å². The summed E-state index contributed by atoms with van der Waals surface area (Å²) in [6.07, 6.45) is 0. The lowest BCUT2D eigenvalue weighted by molar-refractivity contribution is 0.101. The molecule has 1 aliphatic heterocycles. The molecule has 0 N–H and O–H groups in total. The van der Waals surface area contributed by atoms with Crippen LogP contribution in [-0.4, -0.2) is 12.9 Å². The van der Waals surface area contributed by atoms with E-state index in [9.17, 15) is 0 Å². The van der Waals surface area contributed by atoms with Crippen molar-refractivity contribution in [1.29, 1.82) is 0 Å². The van der Waals surface area contributed by atoms with Gasteiger partial charge in [-0.1, -0.05) is 60.7 Å². The van der Waals surface area contributed by atoms with Gasteiger partial charge in [-0.3, -0.25) is 0 Å². The second kappa shape index (κ2) is 7.30. The Hall–Kier alpha value is -2.65. The monoisotopic (exact) mass is 360 g/mol. The molecule has 2 nitrogen and oxygen atoms in total. The summed E-state index contributed by atoms with van der Waals surface area (Å²) in [5.41, 5.74) is 2.88. The van der Waals surface area contributed by atoms with Crippen molar-refractivity contribution in [3.05, 3.63) is 107 Å². The van der Waals surface area contributed by atoms with E-state index in [0.29, 0.717) is 0 Å². The van der Waals surface area contributed by atoms with Crippen LogP contribution in [0.1, 0.15) is 16.7 Å². The van der Waals surface area contributed by atoms with E-state index in [1.54, 1.807) is 18.9 Å². The maximum absolute atomic E-state index is 6.71. The first-order valence-electron chi connectivity index (χ1n) is 8.58. The van der Waals surface area contributed by atoms with E-state index >= 15 is 0 Å². The van der Waals surface area contributed by atoms with Gasteiger partial charge in [-0.15, -0.1) is 11.8 Å². The molecule has 0 atom stereocenters. The van der Waals surface area contributed by atoms with Crippen molar-refractivity contribution in [3.8, 4) is 5.75 Å². The van der Waals surface area contributed by atoms with Gasteiger partial charge in [0.15, 0.2) is 5.60 Å². The Kier molecular flexibility index (Phi) is 4.72. The Morgan fingerprint density at radius 1 is 0.808 bits per heavy atom. The summed E-state index contributed by atoms with van der Waals surface area (Å²) in [7, 11) is 1.68. The van der Waals surface area contributed by atoms with E-state index in [0.717, 1.165) is 34.0 Å². The molecule has 0 amide bonds. The molecule has 0 aliphatic carbocycles. The van der Waals surface area contributed by atoms with Crippen LogP contribution in [0.3, 0.4) is 0 Å². The highest BCUT2D eigenvalue weighted by Gasteiger charge is 2.39. The van der Waals surface area contributed by atoms with Gasteiger partial charge in [0.25, 0.3) is 0 Å². The molecule has 0 spiro atoms. The Morgan fingerprint density at radius 3 is 1.92 bits per heavy atom. The van der Waals surface area contributed by atoms with Crippen LogP contribution >= 0.6 is 11.8 Å². The number of hydrogen-bond acceptors (Lipinski definition) is 3. The van der Waals surface area contributed by atoms with Crippen molar-refractivity contribution in [2.45, 2.75) is 5.60 Å². The second-order valence-corrected chi connectivity index (χ2v) is 7.04. The van der Waals surface area contributed by atoms with Crippen molar-refractivity contribution in [2.24, 2.45) is 0 Å².